The fraction of sp³-hybridized carbons (Fsp3) is 0.235. The lowest BCUT2D eigenvalue weighted by molar-refractivity contribution is 0.0471. The summed E-state index contributed by atoms with van der Waals surface area (Å²) in [5, 5.41) is 3.92. The van der Waals surface area contributed by atoms with Crippen molar-refractivity contribution in [1.82, 2.24) is 5.32 Å². The van der Waals surface area contributed by atoms with E-state index in [0.29, 0.717) is 10.6 Å². The summed E-state index contributed by atoms with van der Waals surface area (Å²) < 4.78 is 5.42. The average molecular weight is 302 g/mol. The number of halogens is 1. The van der Waals surface area contributed by atoms with Gasteiger partial charge in [0.2, 0.25) is 0 Å². The fourth-order valence-electron chi connectivity index (χ4n) is 2.56. The van der Waals surface area contributed by atoms with E-state index < -0.39 is 0 Å². The van der Waals surface area contributed by atoms with Crippen LogP contribution < -0.4 is 5.32 Å². The standard InChI is InChI=1S/C17H16ClNO2/c18-16-7-2-1-4-13(16)11-21-17(20)15-6-3-5-12-10-19-9-8-14(12)15/h1-7,19H,8-11H2. The van der Waals surface area contributed by atoms with Gasteiger partial charge in [-0.3, -0.25) is 0 Å². The van der Waals surface area contributed by atoms with Crippen LogP contribution in [0.2, 0.25) is 5.02 Å². The first-order valence-corrected chi connectivity index (χ1v) is 7.35. The zero-order valence-electron chi connectivity index (χ0n) is 11.6. The van der Waals surface area contributed by atoms with Crippen LogP contribution in [0.4, 0.5) is 0 Å². The van der Waals surface area contributed by atoms with E-state index >= 15 is 0 Å². The molecule has 21 heavy (non-hydrogen) atoms. The van der Waals surface area contributed by atoms with Gasteiger partial charge in [0, 0.05) is 17.1 Å². The Morgan fingerprint density at radius 2 is 2.05 bits per heavy atom. The van der Waals surface area contributed by atoms with Crippen LogP contribution in [0, 0.1) is 0 Å². The number of rotatable bonds is 3. The highest BCUT2D eigenvalue weighted by Gasteiger charge is 2.18. The third-order valence-corrected chi connectivity index (χ3v) is 4.05. The molecule has 1 aliphatic rings. The number of benzene rings is 2. The van der Waals surface area contributed by atoms with Crippen molar-refractivity contribution in [1.29, 1.82) is 0 Å². The molecule has 0 spiro atoms. The van der Waals surface area contributed by atoms with Gasteiger partial charge in [-0.1, -0.05) is 41.9 Å². The Bertz CT molecular complexity index is 670. The Labute approximate surface area is 128 Å². The van der Waals surface area contributed by atoms with Crippen LogP contribution in [0.3, 0.4) is 0 Å². The number of hydrogen-bond donors (Lipinski definition) is 1. The maximum atomic E-state index is 12.3. The predicted molar refractivity (Wildman–Crippen MR) is 82.4 cm³/mol. The minimum Gasteiger partial charge on any atom is -0.457 e. The molecule has 3 rings (SSSR count). The predicted octanol–water partition coefficient (Wildman–Crippen LogP) is 3.34. The first-order chi connectivity index (χ1) is 10.3. The van der Waals surface area contributed by atoms with Crippen LogP contribution in [0.1, 0.15) is 27.0 Å². The molecule has 4 heteroatoms. The molecule has 0 saturated carbocycles. The molecule has 108 valence electrons. The second kappa shape index (κ2) is 6.29. The van der Waals surface area contributed by atoms with Crippen LogP contribution in [0.5, 0.6) is 0 Å². The summed E-state index contributed by atoms with van der Waals surface area (Å²) in [5.74, 6) is -0.284. The lowest BCUT2D eigenvalue weighted by Crippen LogP contribution is -2.25. The van der Waals surface area contributed by atoms with Crippen molar-refractivity contribution in [3.05, 3.63) is 69.7 Å². The summed E-state index contributed by atoms with van der Waals surface area (Å²) >= 11 is 6.07. The van der Waals surface area contributed by atoms with Crippen molar-refractivity contribution < 1.29 is 9.53 Å². The molecule has 0 fully saturated rings. The topological polar surface area (TPSA) is 38.3 Å². The van der Waals surface area contributed by atoms with Crippen LogP contribution in [0.15, 0.2) is 42.5 Å². The smallest absolute Gasteiger partial charge is 0.338 e. The first kappa shape index (κ1) is 14.1. The molecule has 0 aromatic heterocycles. The molecule has 0 amide bonds. The van der Waals surface area contributed by atoms with Gasteiger partial charge >= 0.3 is 5.97 Å². The van der Waals surface area contributed by atoms with Gasteiger partial charge < -0.3 is 10.1 Å². The van der Waals surface area contributed by atoms with Gasteiger partial charge in [-0.05, 0) is 36.2 Å². The van der Waals surface area contributed by atoms with Crippen molar-refractivity contribution in [2.75, 3.05) is 6.54 Å². The van der Waals surface area contributed by atoms with Crippen molar-refractivity contribution in [3.63, 3.8) is 0 Å². The number of fused-ring (bicyclic) bond motifs is 1. The zero-order chi connectivity index (χ0) is 14.7. The average Bonchev–Trinajstić information content (AvgIpc) is 2.53. The molecular formula is C17H16ClNO2. The largest absolute Gasteiger partial charge is 0.457 e. The van der Waals surface area contributed by atoms with Crippen molar-refractivity contribution in [3.8, 4) is 0 Å². The summed E-state index contributed by atoms with van der Waals surface area (Å²) in [5.41, 5.74) is 3.76. The molecule has 0 bridgehead atoms. The van der Waals surface area contributed by atoms with Crippen molar-refractivity contribution in [2.45, 2.75) is 19.6 Å². The fourth-order valence-corrected chi connectivity index (χ4v) is 2.75. The number of carbonyl (C=O) groups excluding carboxylic acids is 1. The molecule has 0 atom stereocenters. The van der Waals surface area contributed by atoms with E-state index in [2.05, 4.69) is 5.32 Å². The van der Waals surface area contributed by atoms with Gasteiger partial charge in [0.05, 0.1) is 5.56 Å². The molecule has 0 saturated heterocycles. The summed E-state index contributed by atoms with van der Waals surface area (Å²) in [6.45, 7) is 1.89. The molecule has 0 aliphatic carbocycles. The van der Waals surface area contributed by atoms with E-state index in [1.165, 1.54) is 5.56 Å². The van der Waals surface area contributed by atoms with E-state index in [1.54, 1.807) is 6.07 Å². The SMILES string of the molecule is O=C(OCc1ccccc1Cl)c1cccc2c1CCNC2. The van der Waals surface area contributed by atoms with E-state index in [-0.39, 0.29) is 12.6 Å². The van der Waals surface area contributed by atoms with Gasteiger partial charge in [0.25, 0.3) is 0 Å². The monoisotopic (exact) mass is 301 g/mol. The molecule has 1 aliphatic heterocycles. The normalized spacial score (nSPS) is 13.6. The first-order valence-electron chi connectivity index (χ1n) is 6.98. The highest BCUT2D eigenvalue weighted by atomic mass is 35.5. The van der Waals surface area contributed by atoms with Crippen molar-refractivity contribution >= 4 is 17.6 Å². The minimum absolute atomic E-state index is 0.195. The van der Waals surface area contributed by atoms with Crippen LogP contribution in [-0.4, -0.2) is 12.5 Å². The number of ether oxygens (including phenoxy) is 1. The van der Waals surface area contributed by atoms with Crippen LogP contribution >= 0.6 is 11.6 Å². The molecule has 2 aromatic carbocycles. The van der Waals surface area contributed by atoms with E-state index in [1.807, 2.05) is 36.4 Å². The van der Waals surface area contributed by atoms with Crippen LogP contribution in [-0.2, 0) is 24.3 Å². The number of carbonyl (C=O) groups is 1. The second-order valence-corrected chi connectivity index (χ2v) is 5.44. The van der Waals surface area contributed by atoms with Gasteiger partial charge in [-0.15, -0.1) is 0 Å². The summed E-state index contributed by atoms with van der Waals surface area (Å²) in [6.07, 6.45) is 0.854. The summed E-state index contributed by atoms with van der Waals surface area (Å²) in [6, 6.07) is 13.2. The lowest BCUT2D eigenvalue weighted by Gasteiger charge is -2.19. The quantitative estimate of drug-likeness (QED) is 0.884. The Balaban J connectivity index is 1.76. The third kappa shape index (κ3) is 3.09. The zero-order valence-corrected chi connectivity index (χ0v) is 12.3. The number of esters is 1. The molecular weight excluding hydrogens is 286 g/mol. The van der Waals surface area contributed by atoms with Gasteiger partial charge in [-0.25, -0.2) is 4.79 Å². The number of hydrogen-bond acceptors (Lipinski definition) is 3. The maximum absolute atomic E-state index is 12.3. The summed E-state index contributed by atoms with van der Waals surface area (Å²) in [7, 11) is 0. The molecule has 1 heterocycles. The Morgan fingerprint density at radius 1 is 1.19 bits per heavy atom. The molecule has 3 nitrogen and oxygen atoms in total. The van der Waals surface area contributed by atoms with E-state index in [0.717, 1.165) is 30.6 Å². The molecule has 1 N–H and O–H groups in total. The molecule has 0 unspecified atom stereocenters. The Morgan fingerprint density at radius 3 is 2.90 bits per heavy atom. The summed E-state index contributed by atoms with van der Waals surface area (Å²) in [4.78, 5) is 12.3. The molecule has 0 radical (unpaired) electrons. The highest BCUT2D eigenvalue weighted by molar-refractivity contribution is 6.31. The highest BCUT2D eigenvalue weighted by Crippen LogP contribution is 2.21. The van der Waals surface area contributed by atoms with Crippen LogP contribution in [0.25, 0.3) is 0 Å². The van der Waals surface area contributed by atoms with E-state index in [4.69, 9.17) is 16.3 Å². The Kier molecular flexibility index (Phi) is 4.23. The minimum atomic E-state index is -0.284. The van der Waals surface area contributed by atoms with Gasteiger partial charge in [0.15, 0.2) is 0 Å². The third-order valence-electron chi connectivity index (χ3n) is 3.68. The lowest BCUT2D eigenvalue weighted by atomic mass is 9.95. The maximum Gasteiger partial charge on any atom is 0.338 e. The molecule has 2 aromatic rings. The Hall–Kier alpha value is -1.84. The van der Waals surface area contributed by atoms with Gasteiger partial charge in [0.1, 0.15) is 6.61 Å². The second-order valence-electron chi connectivity index (χ2n) is 5.04. The van der Waals surface area contributed by atoms with Gasteiger partial charge in [-0.2, -0.15) is 0 Å². The number of nitrogens with one attached hydrogen (secondary N) is 1. The van der Waals surface area contributed by atoms with E-state index in [9.17, 15) is 4.79 Å². The van der Waals surface area contributed by atoms with Crippen molar-refractivity contribution in [2.24, 2.45) is 0 Å².